The van der Waals surface area contributed by atoms with Gasteiger partial charge in [-0.15, -0.1) is 0 Å². The summed E-state index contributed by atoms with van der Waals surface area (Å²) in [5, 5.41) is 14.5. The Hall–Kier alpha value is -3.85. The number of imidazole rings is 1. The normalized spacial score (nSPS) is 11.8. The first-order valence-electron chi connectivity index (χ1n) is 9.76. The fourth-order valence-electron chi connectivity index (χ4n) is 3.38. The van der Waals surface area contributed by atoms with E-state index >= 15 is 0 Å². The highest BCUT2D eigenvalue weighted by Crippen LogP contribution is 2.16. The number of hydrogen-bond acceptors (Lipinski definition) is 6. The molecule has 32 heavy (non-hydrogen) atoms. The van der Waals surface area contributed by atoms with Crippen molar-refractivity contribution < 1.29 is 5.11 Å². The smallest absolute Gasteiger partial charge is 0.332 e. The van der Waals surface area contributed by atoms with Crippen LogP contribution in [-0.4, -0.2) is 29.5 Å². The summed E-state index contributed by atoms with van der Waals surface area (Å²) in [5.74, 6) is 0.437. The summed E-state index contributed by atoms with van der Waals surface area (Å²) in [5.41, 5.74) is 4.57. The quantitative estimate of drug-likeness (QED) is 0.357. The molecule has 2 N–H and O–H groups in total. The van der Waals surface area contributed by atoms with Crippen molar-refractivity contribution in [2.45, 2.75) is 13.5 Å². The molecule has 0 unspecified atom stereocenters. The number of aromatic hydroxyl groups is 1. The maximum atomic E-state index is 13.2. The Morgan fingerprint density at radius 3 is 2.53 bits per heavy atom. The number of aryl methyl sites for hydroxylation is 2. The van der Waals surface area contributed by atoms with Crippen LogP contribution in [0.2, 0.25) is 5.02 Å². The van der Waals surface area contributed by atoms with E-state index in [1.807, 2.05) is 6.07 Å². The Balaban J connectivity index is 1.75. The molecule has 0 aliphatic heterocycles. The van der Waals surface area contributed by atoms with Crippen LogP contribution in [0.25, 0.3) is 11.2 Å². The van der Waals surface area contributed by atoms with Gasteiger partial charge in [-0.1, -0.05) is 35.9 Å². The predicted octanol–water partition coefficient (Wildman–Crippen LogP) is 2.68. The lowest BCUT2D eigenvalue weighted by molar-refractivity contribution is 0.475. The van der Waals surface area contributed by atoms with Crippen molar-refractivity contribution in [3.8, 4) is 5.75 Å². The van der Waals surface area contributed by atoms with E-state index < -0.39 is 11.2 Å². The van der Waals surface area contributed by atoms with Gasteiger partial charge in [-0.3, -0.25) is 13.9 Å². The van der Waals surface area contributed by atoms with E-state index in [1.165, 1.54) is 4.57 Å². The van der Waals surface area contributed by atoms with E-state index in [0.29, 0.717) is 16.7 Å². The molecule has 0 radical (unpaired) electrons. The number of hydrazone groups is 1. The third kappa shape index (κ3) is 3.90. The zero-order valence-electron chi connectivity index (χ0n) is 17.7. The predicted molar refractivity (Wildman–Crippen MR) is 125 cm³/mol. The van der Waals surface area contributed by atoms with Crippen molar-refractivity contribution >= 4 is 34.4 Å². The van der Waals surface area contributed by atoms with E-state index in [4.69, 9.17) is 11.6 Å². The minimum absolute atomic E-state index is 0.112. The Labute approximate surface area is 187 Å². The summed E-state index contributed by atoms with van der Waals surface area (Å²) in [6, 6.07) is 13.7. The third-order valence-electron chi connectivity index (χ3n) is 5.20. The molecule has 0 bridgehead atoms. The Morgan fingerprint density at radius 1 is 1.12 bits per heavy atom. The minimum atomic E-state index is -0.471. The summed E-state index contributed by atoms with van der Waals surface area (Å²) in [6.07, 6.45) is 0. The van der Waals surface area contributed by atoms with E-state index in [-0.39, 0.29) is 23.5 Å². The molecule has 4 rings (SSSR count). The highest BCUT2D eigenvalue weighted by molar-refractivity contribution is 6.30. The Bertz CT molecular complexity index is 1460. The molecule has 0 fully saturated rings. The number of hydrogen-bond donors (Lipinski definition) is 2. The van der Waals surface area contributed by atoms with E-state index in [9.17, 15) is 14.7 Å². The van der Waals surface area contributed by atoms with Gasteiger partial charge in [-0.2, -0.15) is 10.1 Å². The molecular weight excluding hydrogens is 432 g/mol. The van der Waals surface area contributed by atoms with Crippen molar-refractivity contribution in [1.29, 1.82) is 0 Å². The minimum Gasteiger partial charge on any atom is -0.508 e. The highest BCUT2D eigenvalue weighted by Gasteiger charge is 2.18. The summed E-state index contributed by atoms with van der Waals surface area (Å²) in [6.45, 7) is 1.89. The van der Waals surface area contributed by atoms with E-state index in [1.54, 1.807) is 68.1 Å². The number of fused-ring (bicyclic) bond motifs is 1. The third-order valence-corrected chi connectivity index (χ3v) is 5.45. The number of anilines is 1. The van der Waals surface area contributed by atoms with Crippen molar-refractivity contribution in [1.82, 2.24) is 18.7 Å². The Morgan fingerprint density at radius 2 is 1.84 bits per heavy atom. The molecule has 0 saturated heterocycles. The van der Waals surface area contributed by atoms with Crippen molar-refractivity contribution in [3.05, 3.63) is 85.5 Å². The number of benzene rings is 2. The second kappa shape index (κ2) is 8.35. The van der Waals surface area contributed by atoms with Crippen LogP contribution in [0.3, 0.4) is 0 Å². The number of nitrogens with one attached hydrogen (secondary N) is 1. The SMILES string of the molecule is CC(=NNc1nc2c(c(=O)n(Cc3ccc(Cl)cc3)c(=O)n2C)n1C)c1cccc(O)c1. The molecule has 2 aromatic carbocycles. The van der Waals surface area contributed by atoms with Gasteiger partial charge >= 0.3 is 5.69 Å². The van der Waals surface area contributed by atoms with Gasteiger partial charge in [-0.05, 0) is 36.8 Å². The molecule has 0 spiro atoms. The molecule has 10 heteroatoms. The first kappa shape index (κ1) is 21.4. The summed E-state index contributed by atoms with van der Waals surface area (Å²) in [4.78, 5) is 30.4. The molecule has 2 heterocycles. The van der Waals surface area contributed by atoms with Crippen molar-refractivity contribution in [2.75, 3.05) is 5.43 Å². The highest BCUT2D eigenvalue weighted by atomic mass is 35.5. The molecular formula is C22H21ClN6O3. The zero-order chi connectivity index (χ0) is 23.0. The van der Waals surface area contributed by atoms with Crippen LogP contribution in [-0.2, 0) is 20.6 Å². The lowest BCUT2D eigenvalue weighted by Gasteiger charge is -2.09. The van der Waals surface area contributed by atoms with Gasteiger partial charge in [0.05, 0.1) is 12.3 Å². The first-order valence-corrected chi connectivity index (χ1v) is 10.1. The summed E-state index contributed by atoms with van der Waals surface area (Å²) in [7, 11) is 3.25. The average molecular weight is 453 g/mol. The lowest BCUT2D eigenvalue weighted by atomic mass is 10.1. The summed E-state index contributed by atoms with van der Waals surface area (Å²) < 4.78 is 4.07. The number of aromatic nitrogens is 4. The van der Waals surface area contributed by atoms with Crippen LogP contribution < -0.4 is 16.7 Å². The van der Waals surface area contributed by atoms with E-state index in [0.717, 1.165) is 15.7 Å². The number of phenols is 1. The summed E-state index contributed by atoms with van der Waals surface area (Å²) >= 11 is 5.93. The molecule has 0 aliphatic carbocycles. The molecule has 0 amide bonds. The van der Waals surface area contributed by atoms with Gasteiger partial charge in [0.1, 0.15) is 5.75 Å². The van der Waals surface area contributed by atoms with Gasteiger partial charge in [0.2, 0.25) is 5.95 Å². The molecule has 0 atom stereocenters. The van der Waals surface area contributed by atoms with Gasteiger partial charge in [0, 0.05) is 24.7 Å². The van der Waals surface area contributed by atoms with Crippen LogP contribution in [0.5, 0.6) is 5.75 Å². The average Bonchev–Trinajstić information content (AvgIpc) is 3.11. The van der Waals surface area contributed by atoms with Gasteiger partial charge in [0.25, 0.3) is 5.56 Å². The standard InChI is InChI=1S/C22H21ClN6O3/c1-13(15-5-4-6-17(30)11-15)25-26-21-24-19-18(27(21)2)20(31)29(22(32)28(19)3)12-14-7-9-16(23)10-8-14/h4-11,30H,12H2,1-3H3,(H,24,26). The van der Waals surface area contributed by atoms with Crippen LogP contribution >= 0.6 is 11.6 Å². The monoisotopic (exact) mass is 452 g/mol. The first-order chi connectivity index (χ1) is 15.3. The maximum absolute atomic E-state index is 13.2. The van der Waals surface area contributed by atoms with Gasteiger partial charge in [-0.25, -0.2) is 10.2 Å². The van der Waals surface area contributed by atoms with E-state index in [2.05, 4.69) is 15.5 Å². The zero-order valence-corrected chi connectivity index (χ0v) is 18.5. The molecule has 0 saturated carbocycles. The van der Waals surface area contributed by atoms with Crippen LogP contribution in [0, 0.1) is 0 Å². The van der Waals surface area contributed by atoms with Gasteiger partial charge in [0.15, 0.2) is 11.2 Å². The maximum Gasteiger partial charge on any atom is 0.332 e. The molecule has 4 aromatic rings. The van der Waals surface area contributed by atoms with Crippen LogP contribution in [0.1, 0.15) is 18.1 Å². The Kier molecular flexibility index (Phi) is 5.58. The fraction of sp³-hybridized carbons (Fsp3) is 0.182. The van der Waals surface area contributed by atoms with Gasteiger partial charge < -0.3 is 9.67 Å². The number of nitrogens with zero attached hydrogens (tertiary/aromatic N) is 5. The number of halogens is 1. The van der Waals surface area contributed by atoms with Crippen molar-refractivity contribution in [2.24, 2.45) is 19.2 Å². The molecule has 0 aliphatic rings. The largest absolute Gasteiger partial charge is 0.508 e. The van der Waals surface area contributed by atoms with Crippen LogP contribution in [0.15, 0.2) is 63.2 Å². The topological polar surface area (TPSA) is 106 Å². The molecule has 9 nitrogen and oxygen atoms in total. The number of phenolic OH excluding ortho intramolecular Hbond substituents is 1. The fourth-order valence-corrected chi connectivity index (χ4v) is 3.51. The lowest BCUT2D eigenvalue weighted by Crippen LogP contribution is -2.39. The second-order valence-corrected chi connectivity index (χ2v) is 7.82. The second-order valence-electron chi connectivity index (χ2n) is 7.39. The molecule has 2 aromatic heterocycles. The van der Waals surface area contributed by atoms with Crippen LogP contribution in [0.4, 0.5) is 5.95 Å². The van der Waals surface area contributed by atoms with Crippen molar-refractivity contribution in [3.63, 3.8) is 0 Å². The molecule has 164 valence electrons. The number of rotatable bonds is 5.